The highest BCUT2D eigenvalue weighted by atomic mass is 16.5. The lowest BCUT2D eigenvalue weighted by Crippen LogP contribution is -2.15. The standard InChI is InChI=1S/C17H26N2O2/c1-4-21-17(20)14-11-18-16(19-15(14)12(2)3)13-9-7-5-6-8-10-13/h11-13H,4-10H2,1-3H3. The van der Waals surface area contributed by atoms with Crippen LogP contribution in [0.15, 0.2) is 6.20 Å². The Hall–Kier alpha value is -1.45. The van der Waals surface area contributed by atoms with Gasteiger partial charge in [0.05, 0.1) is 17.9 Å². The van der Waals surface area contributed by atoms with E-state index < -0.39 is 0 Å². The van der Waals surface area contributed by atoms with Crippen molar-refractivity contribution in [1.82, 2.24) is 9.97 Å². The van der Waals surface area contributed by atoms with Gasteiger partial charge in [-0.25, -0.2) is 14.8 Å². The van der Waals surface area contributed by atoms with E-state index in [1.807, 2.05) is 6.92 Å². The first-order chi connectivity index (χ1) is 10.1. The number of carbonyl (C=O) groups excluding carboxylic acids is 1. The molecule has 1 aromatic rings. The second-order valence-electron chi connectivity index (χ2n) is 6.09. The highest BCUT2D eigenvalue weighted by molar-refractivity contribution is 5.90. The summed E-state index contributed by atoms with van der Waals surface area (Å²) >= 11 is 0. The molecule has 0 aromatic carbocycles. The van der Waals surface area contributed by atoms with Crippen LogP contribution in [-0.4, -0.2) is 22.5 Å². The van der Waals surface area contributed by atoms with E-state index in [9.17, 15) is 4.79 Å². The quantitative estimate of drug-likeness (QED) is 0.615. The first-order valence-electron chi connectivity index (χ1n) is 8.17. The Bertz CT molecular complexity index is 478. The van der Waals surface area contributed by atoms with Gasteiger partial charge in [-0.1, -0.05) is 39.5 Å². The zero-order valence-corrected chi connectivity index (χ0v) is 13.4. The summed E-state index contributed by atoms with van der Waals surface area (Å²) in [5, 5.41) is 0. The molecule has 1 aromatic heterocycles. The zero-order valence-electron chi connectivity index (χ0n) is 13.4. The summed E-state index contributed by atoms with van der Waals surface area (Å²) in [7, 11) is 0. The summed E-state index contributed by atoms with van der Waals surface area (Å²) in [4.78, 5) is 21.2. The van der Waals surface area contributed by atoms with Crippen LogP contribution in [0.4, 0.5) is 0 Å². The molecule has 2 rings (SSSR count). The fraction of sp³-hybridized carbons (Fsp3) is 0.706. The normalized spacial score (nSPS) is 16.8. The van der Waals surface area contributed by atoms with Gasteiger partial charge in [0.1, 0.15) is 5.82 Å². The van der Waals surface area contributed by atoms with E-state index in [-0.39, 0.29) is 11.9 Å². The van der Waals surface area contributed by atoms with Gasteiger partial charge in [0.2, 0.25) is 0 Å². The molecule has 0 saturated heterocycles. The van der Waals surface area contributed by atoms with Crippen LogP contribution in [-0.2, 0) is 4.74 Å². The smallest absolute Gasteiger partial charge is 0.341 e. The second-order valence-corrected chi connectivity index (χ2v) is 6.09. The number of hydrogen-bond donors (Lipinski definition) is 0. The van der Waals surface area contributed by atoms with Crippen molar-refractivity contribution >= 4 is 5.97 Å². The van der Waals surface area contributed by atoms with Crippen LogP contribution in [0.5, 0.6) is 0 Å². The number of ether oxygens (including phenoxy) is 1. The molecule has 0 N–H and O–H groups in total. The molecule has 0 atom stereocenters. The summed E-state index contributed by atoms with van der Waals surface area (Å²) in [6.45, 7) is 6.30. The molecule has 21 heavy (non-hydrogen) atoms. The molecule has 1 saturated carbocycles. The molecule has 0 bridgehead atoms. The molecule has 1 aliphatic carbocycles. The van der Waals surface area contributed by atoms with E-state index in [0.29, 0.717) is 18.1 Å². The van der Waals surface area contributed by atoms with Crippen LogP contribution in [0, 0.1) is 0 Å². The SMILES string of the molecule is CCOC(=O)c1cnc(C2CCCCCC2)nc1C(C)C. The van der Waals surface area contributed by atoms with Crippen LogP contribution < -0.4 is 0 Å². The van der Waals surface area contributed by atoms with Gasteiger partial charge in [0.15, 0.2) is 0 Å². The van der Waals surface area contributed by atoms with Gasteiger partial charge < -0.3 is 4.74 Å². The Kier molecular flexibility index (Phi) is 5.71. The van der Waals surface area contributed by atoms with Gasteiger partial charge in [-0.2, -0.15) is 0 Å². The molecule has 1 aliphatic rings. The molecule has 4 nitrogen and oxygen atoms in total. The Morgan fingerprint density at radius 2 is 1.95 bits per heavy atom. The van der Waals surface area contributed by atoms with E-state index in [1.54, 1.807) is 6.20 Å². The fourth-order valence-electron chi connectivity index (χ4n) is 2.95. The van der Waals surface area contributed by atoms with Crippen LogP contribution >= 0.6 is 0 Å². The largest absolute Gasteiger partial charge is 0.462 e. The Morgan fingerprint density at radius 3 is 2.52 bits per heavy atom. The van der Waals surface area contributed by atoms with Crippen LogP contribution in [0.1, 0.15) is 93.0 Å². The summed E-state index contributed by atoms with van der Waals surface area (Å²) in [6.07, 6.45) is 9.13. The maximum Gasteiger partial charge on any atom is 0.341 e. The molecule has 0 unspecified atom stereocenters. The van der Waals surface area contributed by atoms with Crippen molar-refractivity contribution in [2.45, 2.75) is 71.1 Å². The van der Waals surface area contributed by atoms with Gasteiger partial charge in [0, 0.05) is 12.1 Å². The molecular weight excluding hydrogens is 264 g/mol. The fourth-order valence-corrected chi connectivity index (χ4v) is 2.95. The van der Waals surface area contributed by atoms with Crippen molar-refractivity contribution in [2.24, 2.45) is 0 Å². The van der Waals surface area contributed by atoms with Crippen LogP contribution in [0.3, 0.4) is 0 Å². The van der Waals surface area contributed by atoms with E-state index in [4.69, 9.17) is 9.72 Å². The van der Waals surface area contributed by atoms with Crippen molar-refractivity contribution < 1.29 is 9.53 Å². The third-order valence-electron chi connectivity index (χ3n) is 4.10. The number of hydrogen-bond acceptors (Lipinski definition) is 4. The van der Waals surface area contributed by atoms with Crippen LogP contribution in [0.2, 0.25) is 0 Å². The molecule has 4 heteroatoms. The number of aromatic nitrogens is 2. The lowest BCUT2D eigenvalue weighted by atomic mass is 9.98. The summed E-state index contributed by atoms with van der Waals surface area (Å²) in [5.41, 5.74) is 1.34. The lowest BCUT2D eigenvalue weighted by Gasteiger charge is -2.16. The first-order valence-corrected chi connectivity index (χ1v) is 8.17. The molecule has 0 amide bonds. The van der Waals surface area contributed by atoms with Crippen molar-refractivity contribution in [3.8, 4) is 0 Å². The van der Waals surface area contributed by atoms with Crippen molar-refractivity contribution in [3.63, 3.8) is 0 Å². The van der Waals surface area contributed by atoms with Gasteiger partial charge in [0.25, 0.3) is 0 Å². The monoisotopic (exact) mass is 290 g/mol. The minimum Gasteiger partial charge on any atom is -0.462 e. The van der Waals surface area contributed by atoms with Crippen LogP contribution in [0.25, 0.3) is 0 Å². The predicted octanol–water partition coefficient (Wildman–Crippen LogP) is 4.21. The topological polar surface area (TPSA) is 52.1 Å². The molecule has 116 valence electrons. The summed E-state index contributed by atoms with van der Waals surface area (Å²) < 4.78 is 5.11. The third-order valence-corrected chi connectivity index (χ3v) is 4.10. The van der Waals surface area contributed by atoms with Gasteiger partial charge in [-0.3, -0.25) is 0 Å². The first kappa shape index (κ1) is 15.9. The van der Waals surface area contributed by atoms with Gasteiger partial charge in [-0.05, 0) is 25.7 Å². The highest BCUT2D eigenvalue weighted by Gasteiger charge is 2.22. The summed E-state index contributed by atoms with van der Waals surface area (Å²) in [6, 6.07) is 0. The Morgan fingerprint density at radius 1 is 1.29 bits per heavy atom. The van der Waals surface area contributed by atoms with E-state index in [0.717, 1.165) is 24.4 Å². The maximum absolute atomic E-state index is 12.0. The maximum atomic E-state index is 12.0. The Balaban J connectivity index is 2.28. The summed E-state index contributed by atoms with van der Waals surface area (Å²) in [5.74, 6) is 1.24. The van der Waals surface area contributed by atoms with E-state index >= 15 is 0 Å². The van der Waals surface area contributed by atoms with Crippen molar-refractivity contribution in [2.75, 3.05) is 6.61 Å². The van der Waals surface area contributed by atoms with Crippen molar-refractivity contribution in [3.05, 3.63) is 23.3 Å². The van der Waals surface area contributed by atoms with E-state index in [1.165, 1.54) is 25.7 Å². The molecular formula is C17H26N2O2. The van der Waals surface area contributed by atoms with Gasteiger partial charge >= 0.3 is 5.97 Å². The number of carbonyl (C=O) groups is 1. The average Bonchev–Trinajstić information content (AvgIpc) is 2.76. The number of rotatable bonds is 4. The molecule has 0 aliphatic heterocycles. The highest BCUT2D eigenvalue weighted by Crippen LogP contribution is 2.30. The zero-order chi connectivity index (χ0) is 15.2. The Labute approximate surface area is 127 Å². The molecule has 1 heterocycles. The number of nitrogens with zero attached hydrogens (tertiary/aromatic N) is 2. The molecule has 1 fully saturated rings. The van der Waals surface area contributed by atoms with Crippen molar-refractivity contribution in [1.29, 1.82) is 0 Å². The molecule has 0 spiro atoms. The predicted molar refractivity (Wildman–Crippen MR) is 82.5 cm³/mol. The minimum atomic E-state index is -0.311. The lowest BCUT2D eigenvalue weighted by molar-refractivity contribution is 0.0523. The average molecular weight is 290 g/mol. The minimum absolute atomic E-state index is 0.192. The van der Waals surface area contributed by atoms with Gasteiger partial charge in [-0.15, -0.1) is 0 Å². The molecule has 0 radical (unpaired) electrons. The van der Waals surface area contributed by atoms with E-state index in [2.05, 4.69) is 18.8 Å². The third kappa shape index (κ3) is 4.02. The number of esters is 1. The second kappa shape index (κ2) is 7.53.